The minimum Gasteiger partial charge on any atom is -1.00 e. The summed E-state index contributed by atoms with van der Waals surface area (Å²) < 4.78 is 33.0. The van der Waals surface area contributed by atoms with E-state index in [0.29, 0.717) is 11.4 Å². The number of anilines is 2. The molecule has 0 radical (unpaired) electrons. The maximum atomic E-state index is 11.4. The second-order valence-electron chi connectivity index (χ2n) is 3.41. The molecule has 0 spiro atoms. The zero-order chi connectivity index (χ0) is 12.3. The maximum absolute atomic E-state index is 11.4. The van der Waals surface area contributed by atoms with Gasteiger partial charge in [0.2, 0.25) is 0 Å². The van der Waals surface area contributed by atoms with Crippen LogP contribution in [0.2, 0.25) is 0 Å². The fourth-order valence-corrected chi connectivity index (χ4v) is 2.32. The van der Waals surface area contributed by atoms with E-state index in [2.05, 4.69) is 0 Å². The van der Waals surface area contributed by atoms with Crippen LogP contribution >= 0.6 is 0 Å². The van der Waals surface area contributed by atoms with Crippen LogP contribution in [0.3, 0.4) is 0 Å². The Kier molecular flexibility index (Phi) is 5.37. The van der Waals surface area contributed by atoms with E-state index in [1.165, 1.54) is 0 Å². The Bertz CT molecular complexity index is 553. The van der Waals surface area contributed by atoms with Gasteiger partial charge in [0, 0.05) is 0 Å². The van der Waals surface area contributed by atoms with Crippen molar-refractivity contribution in [2.24, 2.45) is 0 Å². The molecule has 0 bridgehead atoms. The van der Waals surface area contributed by atoms with Gasteiger partial charge in [-0.25, -0.2) is 4.31 Å². The second-order valence-corrected chi connectivity index (χ2v) is 4.67. The normalized spacial score (nSPS) is 10.5. The minimum atomic E-state index is -4.34. The van der Waals surface area contributed by atoms with Crippen LogP contribution < -0.4 is 33.9 Å². The van der Waals surface area contributed by atoms with Crippen molar-refractivity contribution in [1.29, 1.82) is 0 Å². The average Bonchev–Trinajstić information content (AvgIpc) is 2.30. The Morgan fingerprint density at radius 1 is 0.833 bits per heavy atom. The van der Waals surface area contributed by atoms with Gasteiger partial charge in [-0.1, -0.05) is 36.4 Å². The number of hydrogen-bond acceptors (Lipinski definition) is 2. The molecule has 0 aromatic heterocycles. The summed E-state index contributed by atoms with van der Waals surface area (Å²) in [5, 5.41) is 0. The molecule has 0 saturated heterocycles. The molecular formula is C12H12NNaO3S. The summed E-state index contributed by atoms with van der Waals surface area (Å²) in [6.45, 7) is 0. The molecule has 0 saturated carbocycles. The monoisotopic (exact) mass is 273 g/mol. The van der Waals surface area contributed by atoms with Crippen molar-refractivity contribution in [3.63, 3.8) is 0 Å². The van der Waals surface area contributed by atoms with Gasteiger partial charge in [0.1, 0.15) is 0 Å². The number of nitrogens with zero attached hydrogens (tertiary/aromatic N) is 1. The van der Waals surface area contributed by atoms with Crippen molar-refractivity contribution in [2.75, 3.05) is 4.31 Å². The third kappa shape index (κ3) is 3.57. The smallest absolute Gasteiger partial charge is 1.00 e. The van der Waals surface area contributed by atoms with Gasteiger partial charge in [-0.2, -0.15) is 8.42 Å². The average molecular weight is 273 g/mol. The van der Waals surface area contributed by atoms with Crippen LogP contribution in [0.15, 0.2) is 60.7 Å². The van der Waals surface area contributed by atoms with E-state index in [9.17, 15) is 13.0 Å². The quantitative estimate of drug-likeness (QED) is 0.619. The molecule has 90 valence electrons. The number of hydrogen-bond donors (Lipinski definition) is 1. The van der Waals surface area contributed by atoms with Crippen molar-refractivity contribution in [3.05, 3.63) is 60.7 Å². The molecule has 2 rings (SSSR count). The van der Waals surface area contributed by atoms with Crippen molar-refractivity contribution in [2.45, 2.75) is 0 Å². The van der Waals surface area contributed by atoms with Gasteiger partial charge in [-0.15, -0.1) is 0 Å². The van der Waals surface area contributed by atoms with Gasteiger partial charge in [0.15, 0.2) is 0 Å². The molecule has 0 atom stereocenters. The number of benzene rings is 2. The Balaban J connectivity index is 0.00000162. The van der Waals surface area contributed by atoms with Crippen molar-refractivity contribution < 1.29 is 44.0 Å². The first-order chi connectivity index (χ1) is 8.09. The third-order valence-corrected chi connectivity index (χ3v) is 3.10. The molecule has 0 aliphatic rings. The fraction of sp³-hybridized carbons (Fsp3) is 0. The van der Waals surface area contributed by atoms with Gasteiger partial charge in [0.05, 0.1) is 11.4 Å². The molecule has 4 nitrogen and oxygen atoms in total. The van der Waals surface area contributed by atoms with E-state index in [1.807, 2.05) is 0 Å². The Labute approximate surface area is 130 Å². The number of para-hydroxylation sites is 2. The Morgan fingerprint density at radius 3 is 1.44 bits per heavy atom. The predicted molar refractivity (Wildman–Crippen MR) is 67.7 cm³/mol. The molecule has 0 fully saturated rings. The van der Waals surface area contributed by atoms with Crippen LogP contribution in [0.1, 0.15) is 1.43 Å². The van der Waals surface area contributed by atoms with Gasteiger partial charge < -0.3 is 1.43 Å². The van der Waals surface area contributed by atoms with Gasteiger partial charge >= 0.3 is 39.9 Å². The first-order valence-electron chi connectivity index (χ1n) is 4.97. The molecule has 2 aromatic rings. The van der Waals surface area contributed by atoms with E-state index in [-0.39, 0.29) is 31.0 Å². The summed E-state index contributed by atoms with van der Waals surface area (Å²) in [5.41, 5.74) is 0.780. The molecule has 6 heteroatoms. The molecule has 2 aromatic carbocycles. The number of rotatable bonds is 3. The van der Waals surface area contributed by atoms with E-state index >= 15 is 0 Å². The second kappa shape index (κ2) is 6.36. The first kappa shape index (κ1) is 15.2. The zero-order valence-corrected chi connectivity index (χ0v) is 12.7. The summed E-state index contributed by atoms with van der Waals surface area (Å²) in [6, 6.07) is 16.8. The van der Waals surface area contributed by atoms with Crippen molar-refractivity contribution in [3.8, 4) is 0 Å². The van der Waals surface area contributed by atoms with Crippen LogP contribution in [0, 0.1) is 0 Å². The predicted octanol–water partition coefficient (Wildman–Crippen LogP) is -0.256. The van der Waals surface area contributed by atoms with Gasteiger partial charge in [-0.05, 0) is 24.3 Å². The molecule has 18 heavy (non-hydrogen) atoms. The largest absolute Gasteiger partial charge is 1.00 e. The van der Waals surface area contributed by atoms with E-state index in [0.717, 1.165) is 4.31 Å². The Hall–Kier alpha value is -0.850. The van der Waals surface area contributed by atoms with E-state index in [1.54, 1.807) is 60.7 Å². The van der Waals surface area contributed by atoms with Crippen molar-refractivity contribution >= 4 is 21.7 Å². The standard InChI is InChI=1S/C12H11NO3S.Na.H/c14-17(15,16)13(11-7-3-1-4-8-11)12-9-5-2-6-10-12;;/h1-10H,(H,14,15,16);;/q;+1;-1. The van der Waals surface area contributed by atoms with Crippen LogP contribution in [-0.2, 0) is 10.3 Å². The molecule has 0 unspecified atom stereocenters. The summed E-state index contributed by atoms with van der Waals surface area (Å²) in [5.74, 6) is 0. The summed E-state index contributed by atoms with van der Waals surface area (Å²) in [6.07, 6.45) is 0. The molecule has 0 aliphatic carbocycles. The van der Waals surface area contributed by atoms with Gasteiger partial charge in [-0.3, -0.25) is 4.55 Å². The van der Waals surface area contributed by atoms with Crippen LogP contribution in [0.25, 0.3) is 0 Å². The molecular weight excluding hydrogens is 261 g/mol. The third-order valence-electron chi connectivity index (χ3n) is 2.21. The minimum absolute atomic E-state index is 0. The molecule has 1 N–H and O–H groups in total. The Morgan fingerprint density at radius 2 is 1.17 bits per heavy atom. The zero-order valence-electron chi connectivity index (χ0n) is 10.9. The fourth-order valence-electron chi connectivity index (χ4n) is 1.54. The van der Waals surface area contributed by atoms with Gasteiger partial charge in [0.25, 0.3) is 0 Å². The van der Waals surface area contributed by atoms with E-state index in [4.69, 9.17) is 0 Å². The molecule has 0 aliphatic heterocycles. The summed E-state index contributed by atoms with van der Waals surface area (Å²) in [7, 11) is -4.34. The first-order valence-corrected chi connectivity index (χ1v) is 6.36. The molecule has 0 amide bonds. The summed E-state index contributed by atoms with van der Waals surface area (Å²) in [4.78, 5) is 0. The van der Waals surface area contributed by atoms with Crippen LogP contribution in [0.4, 0.5) is 11.4 Å². The maximum Gasteiger partial charge on any atom is 1.00 e. The van der Waals surface area contributed by atoms with E-state index < -0.39 is 10.3 Å². The SMILES string of the molecule is O=S(=O)(O)N(c1ccccc1)c1ccccc1.[H-].[Na+]. The van der Waals surface area contributed by atoms with Crippen LogP contribution in [-0.4, -0.2) is 13.0 Å². The molecule has 0 heterocycles. The van der Waals surface area contributed by atoms with Crippen LogP contribution in [0.5, 0.6) is 0 Å². The topological polar surface area (TPSA) is 57.6 Å². The summed E-state index contributed by atoms with van der Waals surface area (Å²) >= 11 is 0. The van der Waals surface area contributed by atoms with Crippen molar-refractivity contribution in [1.82, 2.24) is 0 Å².